The van der Waals surface area contributed by atoms with E-state index in [0.29, 0.717) is 0 Å². The van der Waals surface area contributed by atoms with Gasteiger partial charge in [-0.2, -0.15) is 0 Å². The number of hydrogen-bond acceptors (Lipinski definition) is 2. The zero-order valence-electron chi connectivity index (χ0n) is 29.9. The molecule has 1 nitrogen and oxygen atoms in total. The van der Waals surface area contributed by atoms with Crippen molar-refractivity contribution in [3.8, 4) is 33.4 Å². The van der Waals surface area contributed by atoms with E-state index in [1.807, 2.05) is 11.3 Å². The molecule has 0 unspecified atom stereocenters. The fraction of sp³-hybridized carbons (Fsp3) is 0.0189. The van der Waals surface area contributed by atoms with E-state index in [-0.39, 0.29) is 0 Å². The summed E-state index contributed by atoms with van der Waals surface area (Å²) in [6.07, 6.45) is 0. The van der Waals surface area contributed by atoms with Gasteiger partial charge < -0.3 is 4.90 Å². The van der Waals surface area contributed by atoms with Crippen molar-refractivity contribution in [2.75, 3.05) is 4.90 Å². The molecule has 0 radical (unpaired) electrons. The molecular formula is C53H33NS. The Balaban J connectivity index is 1.24. The van der Waals surface area contributed by atoms with Gasteiger partial charge in [0, 0.05) is 42.5 Å². The van der Waals surface area contributed by atoms with Crippen LogP contribution in [0.4, 0.5) is 17.1 Å². The lowest BCUT2D eigenvalue weighted by atomic mass is 9.70. The summed E-state index contributed by atoms with van der Waals surface area (Å²) in [6.45, 7) is 0. The van der Waals surface area contributed by atoms with Crippen LogP contribution >= 0.6 is 11.3 Å². The smallest absolute Gasteiger partial charge is 0.0726 e. The molecule has 0 fully saturated rings. The molecule has 1 heterocycles. The van der Waals surface area contributed by atoms with Crippen LogP contribution in [0.15, 0.2) is 200 Å². The minimum atomic E-state index is -0.437. The van der Waals surface area contributed by atoms with Gasteiger partial charge in [-0.15, -0.1) is 11.3 Å². The van der Waals surface area contributed by atoms with E-state index in [1.165, 1.54) is 92.3 Å². The Morgan fingerprint density at radius 1 is 0.382 bits per heavy atom. The zero-order chi connectivity index (χ0) is 36.1. The number of benzene rings is 9. The molecule has 0 aliphatic heterocycles. The number of rotatable bonds is 4. The van der Waals surface area contributed by atoms with Gasteiger partial charge in [0.15, 0.2) is 0 Å². The maximum Gasteiger partial charge on any atom is 0.0726 e. The lowest BCUT2D eigenvalue weighted by Gasteiger charge is -2.33. The largest absolute Gasteiger partial charge is 0.309 e. The van der Waals surface area contributed by atoms with Gasteiger partial charge in [0.2, 0.25) is 0 Å². The van der Waals surface area contributed by atoms with Crippen molar-refractivity contribution >= 4 is 59.3 Å². The van der Waals surface area contributed by atoms with Crippen LogP contribution in [0.3, 0.4) is 0 Å². The first-order chi connectivity index (χ1) is 27.3. The highest BCUT2D eigenvalue weighted by Gasteiger charge is 2.51. The average Bonchev–Trinajstić information content (AvgIpc) is 3.89. The molecule has 9 aromatic carbocycles. The molecule has 0 saturated carbocycles. The summed E-state index contributed by atoms with van der Waals surface area (Å²) in [5.41, 5.74) is 16.1. The topological polar surface area (TPSA) is 3.24 Å². The summed E-state index contributed by atoms with van der Waals surface area (Å²) in [5, 5.41) is 5.12. The second kappa shape index (κ2) is 11.6. The van der Waals surface area contributed by atoms with Crippen LogP contribution in [0.5, 0.6) is 0 Å². The van der Waals surface area contributed by atoms with Gasteiger partial charge in [-0.3, -0.25) is 0 Å². The first kappa shape index (κ1) is 30.7. The first-order valence-electron chi connectivity index (χ1n) is 19.0. The highest BCUT2D eigenvalue weighted by molar-refractivity contribution is 7.26. The molecule has 55 heavy (non-hydrogen) atoms. The summed E-state index contributed by atoms with van der Waals surface area (Å²) < 4.78 is 2.61. The van der Waals surface area contributed by atoms with E-state index in [2.05, 4.69) is 205 Å². The van der Waals surface area contributed by atoms with Crippen molar-refractivity contribution in [2.45, 2.75) is 5.41 Å². The van der Waals surface area contributed by atoms with Crippen LogP contribution in [-0.2, 0) is 5.41 Å². The van der Waals surface area contributed by atoms with Gasteiger partial charge in [-0.25, -0.2) is 0 Å². The average molecular weight is 716 g/mol. The summed E-state index contributed by atoms with van der Waals surface area (Å²) in [7, 11) is 0. The van der Waals surface area contributed by atoms with Crippen molar-refractivity contribution in [1.29, 1.82) is 0 Å². The van der Waals surface area contributed by atoms with Gasteiger partial charge in [0.25, 0.3) is 0 Å². The molecular weight excluding hydrogens is 683 g/mol. The number of hydrogen-bond donors (Lipinski definition) is 0. The highest BCUT2D eigenvalue weighted by Crippen LogP contribution is 2.64. The lowest BCUT2D eigenvalue weighted by molar-refractivity contribution is 0.793. The fourth-order valence-electron chi connectivity index (χ4n) is 9.95. The number of nitrogens with zero attached hydrogens (tertiary/aromatic N) is 1. The summed E-state index contributed by atoms with van der Waals surface area (Å²) in [5.74, 6) is 0. The van der Waals surface area contributed by atoms with E-state index in [4.69, 9.17) is 0 Å². The third kappa shape index (κ3) is 4.12. The molecule has 1 spiro atoms. The molecule has 2 aliphatic rings. The molecule has 0 saturated heterocycles. The van der Waals surface area contributed by atoms with Crippen LogP contribution in [-0.4, -0.2) is 0 Å². The predicted octanol–water partition coefficient (Wildman–Crippen LogP) is 14.7. The van der Waals surface area contributed by atoms with Crippen LogP contribution in [0.1, 0.15) is 22.3 Å². The SMILES string of the molecule is c1ccc(-c2c(N(c3ccccc3)c3ccc4c(c3)C3(c5ccccc5-c5ccccc53)c3ccccc3-4)c3c4ccccc4sc3c3ccccc23)cc1. The third-order valence-electron chi connectivity index (χ3n) is 12.0. The Labute approximate surface area is 324 Å². The molecule has 0 bridgehead atoms. The Bertz CT molecular complexity index is 3090. The molecule has 0 atom stereocenters. The normalized spacial score (nSPS) is 13.2. The molecule has 2 heteroatoms. The van der Waals surface area contributed by atoms with Crippen molar-refractivity contribution in [2.24, 2.45) is 0 Å². The van der Waals surface area contributed by atoms with Crippen molar-refractivity contribution < 1.29 is 0 Å². The molecule has 0 amide bonds. The summed E-state index contributed by atoms with van der Waals surface area (Å²) in [6, 6.07) is 74.4. The van der Waals surface area contributed by atoms with Crippen molar-refractivity contribution in [3.05, 3.63) is 222 Å². The van der Waals surface area contributed by atoms with Gasteiger partial charge >= 0.3 is 0 Å². The Kier molecular flexibility index (Phi) is 6.49. The minimum Gasteiger partial charge on any atom is -0.309 e. The number of fused-ring (bicyclic) bond motifs is 15. The second-order valence-electron chi connectivity index (χ2n) is 14.7. The number of para-hydroxylation sites is 1. The standard InChI is InChI=1S/C53H33NS/c1-3-17-34(18-4-1)49-41-24-7-8-25-42(41)52-50(43-26-12-16-30-48(43)55-52)51(49)54(35-19-5-2-6-20-35)36-31-32-40-39-23-11-15-29-46(39)53(47(40)33-36)44-27-13-9-21-37(44)38-22-10-14-28-45(38)53/h1-33H. The van der Waals surface area contributed by atoms with E-state index >= 15 is 0 Å². The van der Waals surface area contributed by atoms with E-state index in [0.717, 1.165) is 11.4 Å². The Hall–Kier alpha value is -6.74. The zero-order valence-corrected chi connectivity index (χ0v) is 30.7. The fourth-order valence-corrected chi connectivity index (χ4v) is 11.2. The Morgan fingerprint density at radius 2 is 0.891 bits per heavy atom. The Morgan fingerprint density at radius 3 is 1.55 bits per heavy atom. The molecule has 10 aromatic rings. The third-order valence-corrected chi connectivity index (χ3v) is 13.3. The van der Waals surface area contributed by atoms with Gasteiger partial charge in [0.1, 0.15) is 0 Å². The van der Waals surface area contributed by atoms with Crippen molar-refractivity contribution in [3.63, 3.8) is 0 Å². The van der Waals surface area contributed by atoms with Crippen LogP contribution in [0, 0.1) is 0 Å². The highest BCUT2D eigenvalue weighted by atomic mass is 32.1. The maximum atomic E-state index is 2.56. The van der Waals surface area contributed by atoms with Gasteiger partial charge in [0.05, 0.1) is 11.1 Å². The minimum absolute atomic E-state index is 0.437. The first-order valence-corrected chi connectivity index (χ1v) is 19.8. The van der Waals surface area contributed by atoms with Crippen molar-refractivity contribution in [1.82, 2.24) is 0 Å². The van der Waals surface area contributed by atoms with Crippen LogP contribution in [0.2, 0.25) is 0 Å². The quantitative estimate of drug-likeness (QED) is 0.175. The molecule has 0 N–H and O–H groups in total. The lowest BCUT2D eigenvalue weighted by Crippen LogP contribution is -2.26. The number of thiophene rings is 1. The maximum absolute atomic E-state index is 2.56. The molecule has 256 valence electrons. The molecule has 12 rings (SSSR count). The number of anilines is 3. The monoisotopic (exact) mass is 715 g/mol. The van der Waals surface area contributed by atoms with E-state index in [1.54, 1.807) is 0 Å². The van der Waals surface area contributed by atoms with E-state index in [9.17, 15) is 0 Å². The van der Waals surface area contributed by atoms with E-state index < -0.39 is 5.41 Å². The predicted molar refractivity (Wildman–Crippen MR) is 233 cm³/mol. The summed E-state index contributed by atoms with van der Waals surface area (Å²) >= 11 is 1.90. The summed E-state index contributed by atoms with van der Waals surface area (Å²) in [4.78, 5) is 2.56. The van der Waals surface area contributed by atoms with Crippen LogP contribution < -0.4 is 4.90 Å². The van der Waals surface area contributed by atoms with Crippen LogP contribution in [0.25, 0.3) is 64.3 Å². The molecule has 2 aliphatic carbocycles. The van der Waals surface area contributed by atoms with Gasteiger partial charge in [-0.1, -0.05) is 170 Å². The molecule has 1 aromatic heterocycles. The van der Waals surface area contributed by atoms with Gasteiger partial charge in [-0.05, 0) is 85.8 Å². The second-order valence-corrected chi connectivity index (χ2v) is 15.8.